The summed E-state index contributed by atoms with van der Waals surface area (Å²) in [6.45, 7) is 8.90. The number of anilines is 2. The van der Waals surface area contributed by atoms with E-state index >= 15 is 0 Å². The number of nitrogens with one attached hydrogen (secondary N) is 1. The molecule has 5 nitrogen and oxygen atoms in total. The number of hydrogen-bond acceptors (Lipinski definition) is 5. The fraction of sp³-hybridized carbons (Fsp3) is 0.765. The third kappa shape index (κ3) is 5.44. The summed E-state index contributed by atoms with van der Waals surface area (Å²) in [4.78, 5) is 11.0. The van der Waals surface area contributed by atoms with Crippen molar-refractivity contribution in [2.75, 3.05) is 29.9 Å². The highest BCUT2D eigenvalue weighted by molar-refractivity contribution is 5.48. The van der Waals surface area contributed by atoms with E-state index in [9.17, 15) is 5.11 Å². The van der Waals surface area contributed by atoms with Crippen LogP contribution in [0.4, 0.5) is 11.6 Å². The van der Waals surface area contributed by atoms with E-state index in [1.165, 1.54) is 19.3 Å². The smallest absolute Gasteiger partial charge is 0.134 e. The van der Waals surface area contributed by atoms with Crippen LogP contribution in [0.3, 0.4) is 0 Å². The van der Waals surface area contributed by atoms with Crippen LogP contribution in [0, 0.1) is 5.92 Å². The number of rotatable bonds is 7. The zero-order valence-corrected chi connectivity index (χ0v) is 14.2. The Morgan fingerprint density at radius 1 is 1.27 bits per heavy atom. The standard InChI is InChI=1S/C17H30N4O/c1-14(2)7-8-17(3,22)12-18-15-11-16(20-13-19-15)21-9-5-4-6-10-21/h11,13-14,22H,4-10,12H2,1-3H3,(H,18,19,20). The van der Waals surface area contributed by atoms with Gasteiger partial charge in [0.2, 0.25) is 0 Å². The van der Waals surface area contributed by atoms with Crippen LogP contribution in [-0.4, -0.2) is 40.3 Å². The van der Waals surface area contributed by atoms with Gasteiger partial charge in [0.05, 0.1) is 5.60 Å². The van der Waals surface area contributed by atoms with Crippen LogP contribution in [0.5, 0.6) is 0 Å². The topological polar surface area (TPSA) is 61.3 Å². The summed E-state index contributed by atoms with van der Waals surface area (Å²) in [5, 5.41) is 13.7. The van der Waals surface area contributed by atoms with Crippen LogP contribution >= 0.6 is 0 Å². The van der Waals surface area contributed by atoms with Crippen molar-refractivity contribution in [1.82, 2.24) is 9.97 Å². The van der Waals surface area contributed by atoms with Crippen molar-refractivity contribution >= 4 is 11.6 Å². The highest BCUT2D eigenvalue weighted by atomic mass is 16.3. The first kappa shape index (κ1) is 17.0. The van der Waals surface area contributed by atoms with E-state index in [4.69, 9.17) is 0 Å². The minimum atomic E-state index is -0.708. The summed E-state index contributed by atoms with van der Waals surface area (Å²) >= 11 is 0. The molecule has 22 heavy (non-hydrogen) atoms. The van der Waals surface area contributed by atoms with Gasteiger partial charge in [-0.2, -0.15) is 0 Å². The molecule has 0 aromatic carbocycles. The predicted molar refractivity (Wildman–Crippen MR) is 91.3 cm³/mol. The number of nitrogens with zero attached hydrogens (tertiary/aromatic N) is 3. The normalized spacial score (nSPS) is 18.3. The minimum Gasteiger partial charge on any atom is -0.388 e. The molecule has 0 amide bonds. The Kier molecular flexibility index (Phi) is 6.00. The summed E-state index contributed by atoms with van der Waals surface area (Å²) in [6, 6.07) is 1.99. The second kappa shape index (κ2) is 7.77. The van der Waals surface area contributed by atoms with Crippen LogP contribution in [0.1, 0.15) is 52.9 Å². The highest BCUT2D eigenvalue weighted by Crippen LogP contribution is 2.21. The van der Waals surface area contributed by atoms with Gasteiger partial charge in [-0.1, -0.05) is 13.8 Å². The summed E-state index contributed by atoms with van der Waals surface area (Å²) in [7, 11) is 0. The third-order valence-electron chi connectivity index (χ3n) is 4.24. The average Bonchev–Trinajstić information content (AvgIpc) is 2.52. The van der Waals surface area contributed by atoms with Gasteiger partial charge in [0.25, 0.3) is 0 Å². The van der Waals surface area contributed by atoms with Crippen molar-refractivity contribution in [1.29, 1.82) is 0 Å². The summed E-state index contributed by atoms with van der Waals surface area (Å²) < 4.78 is 0. The molecule has 1 atom stereocenters. The zero-order chi connectivity index (χ0) is 16.0. The van der Waals surface area contributed by atoms with Crippen LogP contribution in [0.25, 0.3) is 0 Å². The Morgan fingerprint density at radius 3 is 2.68 bits per heavy atom. The van der Waals surface area contributed by atoms with E-state index in [-0.39, 0.29) is 0 Å². The van der Waals surface area contributed by atoms with Crippen molar-refractivity contribution in [3.63, 3.8) is 0 Å². The maximum absolute atomic E-state index is 10.4. The Balaban J connectivity index is 1.89. The Morgan fingerprint density at radius 2 is 2.00 bits per heavy atom. The van der Waals surface area contributed by atoms with Gasteiger partial charge in [-0.3, -0.25) is 0 Å². The Bertz CT molecular complexity index is 456. The van der Waals surface area contributed by atoms with Gasteiger partial charge in [0.15, 0.2) is 0 Å². The molecular formula is C17H30N4O. The van der Waals surface area contributed by atoms with Crippen LogP contribution in [0.15, 0.2) is 12.4 Å². The predicted octanol–water partition coefficient (Wildman–Crippen LogP) is 3.07. The van der Waals surface area contributed by atoms with Crippen molar-refractivity contribution in [2.45, 2.75) is 58.5 Å². The highest BCUT2D eigenvalue weighted by Gasteiger charge is 2.21. The lowest BCUT2D eigenvalue weighted by Crippen LogP contribution is -2.34. The largest absolute Gasteiger partial charge is 0.388 e. The lowest BCUT2D eigenvalue weighted by Gasteiger charge is -2.28. The lowest BCUT2D eigenvalue weighted by atomic mass is 9.95. The maximum atomic E-state index is 10.4. The van der Waals surface area contributed by atoms with Gasteiger partial charge in [0.1, 0.15) is 18.0 Å². The molecule has 2 heterocycles. The molecule has 1 aromatic heterocycles. The van der Waals surface area contributed by atoms with Crippen molar-refractivity contribution < 1.29 is 5.11 Å². The van der Waals surface area contributed by atoms with Gasteiger partial charge in [0, 0.05) is 25.7 Å². The Hall–Kier alpha value is -1.36. The second-order valence-electron chi connectivity index (χ2n) is 7.09. The molecule has 124 valence electrons. The van der Waals surface area contributed by atoms with Crippen molar-refractivity contribution in [3.8, 4) is 0 Å². The van der Waals surface area contributed by atoms with E-state index < -0.39 is 5.60 Å². The molecule has 2 N–H and O–H groups in total. The SMILES string of the molecule is CC(C)CCC(C)(O)CNc1cc(N2CCCCC2)ncn1. The first-order valence-corrected chi connectivity index (χ1v) is 8.49. The fourth-order valence-electron chi connectivity index (χ4n) is 2.71. The molecule has 0 saturated carbocycles. The number of hydrogen-bond donors (Lipinski definition) is 2. The molecule has 0 spiro atoms. The van der Waals surface area contributed by atoms with E-state index in [1.807, 2.05) is 13.0 Å². The molecule has 1 unspecified atom stereocenters. The summed E-state index contributed by atoms with van der Waals surface area (Å²) in [5.74, 6) is 2.38. The van der Waals surface area contributed by atoms with Gasteiger partial charge in [-0.25, -0.2) is 9.97 Å². The van der Waals surface area contributed by atoms with Gasteiger partial charge >= 0.3 is 0 Å². The van der Waals surface area contributed by atoms with Gasteiger partial charge in [-0.15, -0.1) is 0 Å². The van der Waals surface area contributed by atoms with E-state index in [0.29, 0.717) is 12.5 Å². The second-order valence-corrected chi connectivity index (χ2v) is 7.09. The monoisotopic (exact) mass is 306 g/mol. The molecule has 0 radical (unpaired) electrons. The molecule has 1 fully saturated rings. The van der Waals surface area contributed by atoms with E-state index in [1.54, 1.807) is 6.33 Å². The molecule has 1 saturated heterocycles. The first-order chi connectivity index (χ1) is 10.5. The zero-order valence-electron chi connectivity index (χ0n) is 14.2. The molecule has 1 aliphatic rings. The van der Waals surface area contributed by atoms with Crippen molar-refractivity contribution in [2.24, 2.45) is 5.92 Å². The summed E-state index contributed by atoms with van der Waals surface area (Å²) in [6.07, 6.45) is 7.20. The van der Waals surface area contributed by atoms with E-state index in [0.717, 1.165) is 37.6 Å². The van der Waals surface area contributed by atoms with Gasteiger partial charge < -0.3 is 15.3 Å². The quantitative estimate of drug-likeness (QED) is 0.810. The van der Waals surface area contributed by atoms with Crippen LogP contribution in [0.2, 0.25) is 0 Å². The Labute approximate surface area is 134 Å². The third-order valence-corrected chi connectivity index (χ3v) is 4.24. The lowest BCUT2D eigenvalue weighted by molar-refractivity contribution is 0.0585. The number of aromatic nitrogens is 2. The first-order valence-electron chi connectivity index (χ1n) is 8.49. The number of piperidine rings is 1. The minimum absolute atomic E-state index is 0.510. The molecule has 1 aromatic rings. The van der Waals surface area contributed by atoms with Gasteiger partial charge in [-0.05, 0) is 44.9 Å². The molecular weight excluding hydrogens is 276 g/mol. The molecule has 1 aliphatic heterocycles. The average molecular weight is 306 g/mol. The van der Waals surface area contributed by atoms with E-state index in [2.05, 4.69) is 34.0 Å². The maximum Gasteiger partial charge on any atom is 0.134 e. The molecule has 0 aliphatic carbocycles. The van der Waals surface area contributed by atoms with Crippen LogP contribution < -0.4 is 10.2 Å². The van der Waals surface area contributed by atoms with Crippen LogP contribution in [-0.2, 0) is 0 Å². The molecule has 0 bridgehead atoms. The van der Waals surface area contributed by atoms with Crippen molar-refractivity contribution in [3.05, 3.63) is 12.4 Å². The summed E-state index contributed by atoms with van der Waals surface area (Å²) in [5.41, 5.74) is -0.708. The fourth-order valence-corrected chi connectivity index (χ4v) is 2.71. The molecule has 2 rings (SSSR count). The molecule has 5 heteroatoms. The number of aliphatic hydroxyl groups is 1.